The van der Waals surface area contributed by atoms with Gasteiger partial charge in [-0.2, -0.15) is 5.26 Å². The van der Waals surface area contributed by atoms with E-state index in [1.165, 1.54) is 19.1 Å². The molecule has 0 bridgehead atoms. The molecule has 6 nitrogen and oxygen atoms in total. The van der Waals surface area contributed by atoms with Crippen LogP contribution in [-0.4, -0.2) is 15.8 Å². The predicted octanol–water partition coefficient (Wildman–Crippen LogP) is 2.78. The van der Waals surface area contributed by atoms with Gasteiger partial charge in [-0.25, -0.2) is 0 Å². The molecule has 0 aliphatic heterocycles. The fraction of sp³-hybridized carbons (Fsp3) is 0.333. The number of carbonyl (C=O) groups excluding carboxylic acids is 1. The number of carbonyl (C=O) groups is 1. The first-order valence-electron chi connectivity index (χ1n) is 6.75. The first-order valence-corrected chi connectivity index (χ1v) is 8.36. The average Bonchev–Trinajstić information content (AvgIpc) is 2.42. The van der Waals surface area contributed by atoms with Gasteiger partial charge in [-0.3, -0.25) is 9.36 Å². The van der Waals surface area contributed by atoms with E-state index in [0.717, 1.165) is 6.08 Å². The van der Waals surface area contributed by atoms with Gasteiger partial charge in [-0.05, 0) is 35.6 Å². The molecule has 1 aromatic rings. The summed E-state index contributed by atoms with van der Waals surface area (Å²) in [5, 5.41) is 8.46. The lowest BCUT2D eigenvalue weighted by Crippen LogP contribution is -2.07. The highest BCUT2D eigenvalue weighted by Crippen LogP contribution is 2.52. The minimum atomic E-state index is -4.60. The number of ether oxygens (including phenoxy) is 1. The SMILES string of the molecule is CCc1c(OC(C)=O)ccc(C(=CC#N)P(=O)(O)O)c1CC. The van der Waals surface area contributed by atoms with Gasteiger partial charge >= 0.3 is 13.6 Å². The molecule has 22 heavy (non-hydrogen) atoms. The smallest absolute Gasteiger partial charge is 0.357 e. The van der Waals surface area contributed by atoms with E-state index in [9.17, 15) is 19.1 Å². The number of rotatable bonds is 5. The Kier molecular flexibility index (Phi) is 6.07. The van der Waals surface area contributed by atoms with Crippen molar-refractivity contribution in [3.63, 3.8) is 0 Å². The molecule has 0 saturated heterocycles. The number of hydrogen-bond acceptors (Lipinski definition) is 4. The Labute approximate surface area is 129 Å². The van der Waals surface area contributed by atoms with Gasteiger partial charge in [0.1, 0.15) is 5.75 Å². The molecule has 1 aromatic carbocycles. The molecular weight excluding hydrogens is 305 g/mol. The van der Waals surface area contributed by atoms with Crippen LogP contribution >= 0.6 is 7.60 Å². The minimum Gasteiger partial charge on any atom is -0.426 e. The molecule has 0 unspecified atom stereocenters. The summed E-state index contributed by atoms with van der Waals surface area (Å²) in [6.07, 6.45) is 1.87. The molecule has 0 aliphatic carbocycles. The molecule has 0 aliphatic rings. The third-order valence-electron chi connectivity index (χ3n) is 3.14. The number of nitriles is 1. The average molecular weight is 323 g/mol. The van der Waals surface area contributed by atoms with Crippen LogP contribution in [0, 0.1) is 11.3 Å². The van der Waals surface area contributed by atoms with Crippen molar-refractivity contribution in [1.29, 1.82) is 5.26 Å². The van der Waals surface area contributed by atoms with Crippen LogP contribution in [0.5, 0.6) is 5.75 Å². The van der Waals surface area contributed by atoms with Crippen LogP contribution in [0.4, 0.5) is 0 Å². The minimum absolute atomic E-state index is 0.310. The predicted molar refractivity (Wildman–Crippen MR) is 82.1 cm³/mol. The van der Waals surface area contributed by atoms with Gasteiger partial charge in [0.15, 0.2) is 0 Å². The van der Waals surface area contributed by atoms with E-state index in [2.05, 4.69) is 0 Å². The molecule has 0 heterocycles. The Hall–Kier alpha value is -1.93. The van der Waals surface area contributed by atoms with Gasteiger partial charge in [0.25, 0.3) is 0 Å². The molecule has 0 aromatic heterocycles. The van der Waals surface area contributed by atoms with E-state index in [0.29, 0.717) is 35.3 Å². The van der Waals surface area contributed by atoms with Gasteiger partial charge in [-0.1, -0.05) is 19.9 Å². The summed E-state index contributed by atoms with van der Waals surface area (Å²) in [6, 6.07) is 4.64. The first kappa shape index (κ1) is 18.1. The first-order chi connectivity index (χ1) is 10.3. The topological polar surface area (TPSA) is 108 Å². The summed E-state index contributed by atoms with van der Waals surface area (Å²) < 4.78 is 16.8. The van der Waals surface area contributed by atoms with Gasteiger partial charge in [-0.15, -0.1) is 0 Å². The van der Waals surface area contributed by atoms with E-state index < -0.39 is 13.6 Å². The maximum absolute atomic E-state index is 11.6. The summed E-state index contributed by atoms with van der Waals surface area (Å²) in [7, 11) is -4.60. The summed E-state index contributed by atoms with van der Waals surface area (Å²) in [6.45, 7) is 4.98. The number of nitrogens with zero attached hydrogens (tertiary/aromatic N) is 1. The van der Waals surface area contributed by atoms with E-state index >= 15 is 0 Å². The van der Waals surface area contributed by atoms with Crippen molar-refractivity contribution >= 4 is 18.9 Å². The summed E-state index contributed by atoms with van der Waals surface area (Å²) in [5.41, 5.74) is 1.67. The maximum Gasteiger partial charge on any atom is 0.357 e. The zero-order valence-electron chi connectivity index (χ0n) is 12.7. The molecule has 0 atom stereocenters. The lowest BCUT2D eigenvalue weighted by molar-refractivity contribution is -0.131. The quantitative estimate of drug-likeness (QED) is 0.373. The molecular formula is C15H18NO5P. The van der Waals surface area contributed by atoms with Crippen molar-refractivity contribution in [1.82, 2.24) is 0 Å². The van der Waals surface area contributed by atoms with Gasteiger partial charge in [0.2, 0.25) is 0 Å². The van der Waals surface area contributed by atoms with Crippen LogP contribution in [0.1, 0.15) is 37.5 Å². The van der Waals surface area contributed by atoms with Crippen LogP contribution in [0.25, 0.3) is 5.31 Å². The third kappa shape index (κ3) is 4.05. The number of benzene rings is 1. The largest absolute Gasteiger partial charge is 0.426 e. The monoisotopic (exact) mass is 323 g/mol. The molecule has 2 N–H and O–H groups in total. The van der Waals surface area contributed by atoms with Crippen LogP contribution in [0.3, 0.4) is 0 Å². The molecule has 0 fully saturated rings. The normalized spacial score (nSPS) is 11.9. The highest BCUT2D eigenvalue weighted by Gasteiger charge is 2.26. The molecule has 1 rings (SSSR count). The van der Waals surface area contributed by atoms with Crippen LogP contribution < -0.4 is 4.74 Å². The zero-order chi connectivity index (χ0) is 16.9. The fourth-order valence-corrected chi connectivity index (χ4v) is 3.08. The van der Waals surface area contributed by atoms with Crippen molar-refractivity contribution in [2.75, 3.05) is 0 Å². The Morgan fingerprint density at radius 2 is 1.91 bits per heavy atom. The molecule has 0 saturated carbocycles. The standard InChI is InChI=1S/C15H18NO5P/c1-4-11-12(5-2)14(21-10(3)17)7-6-13(11)15(8-9-16)22(18,19)20/h6-8H,4-5H2,1-3H3,(H2,18,19,20). The highest BCUT2D eigenvalue weighted by atomic mass is 31.2. The van der Waals surface area contributed by atoms with E-state index in [1.807, 2.05) is 13.8 Å². The maximum atomic E-state index is 11.6. The molecule has 118 valence electrons. The second-order valence-corrected chi connectivity index (χ2v) is 6.14. The van der Waals surface area contributed by atoms with Crippen molar-refractivity contribution in [2.45, 2.75) is 33.6 Å². The Bertz CT molecular complexity index is 697. The van der Waals surface area contributed by atoms with Gasteiger partial charge < -0.3 is 14.5 Å². The van der Waals surface area contributed by atoms with Crippen molar-refractivity contribution in [3.8, 4) is 11.8 Å². The van der Waals surface area contributed by atoms with Crippen LogP contribution in [0.2, 0.25) is 0 Å². The summed E-state index contributed by atoms with van der Waals surface area (Å²) >= 11 is 0. The third-order valence-corrected chi connectivity index (χ3v) is 4.14. The number of esters is 1. The fourth-order valence-electron chi connectivity index (χ4n) is 2.33. The number of allylic oxidation sites excluding steroid dienone is 1. The number of hydrogen-bond donors (Lipinski definition) is 2. The Morgan fingerprint density at radius 3 is 2.32 bits per heavy atom. The highest BCUT2D eigenvalue weighted by molar-refractivity contribution is 7.63. The zero-order valence-corrected chi connectivity index (χ0v) is 13.6. The molecule has 0 amide bonds. The summed E-state index contributed by atoms with van der Waals surface area (Å²) in [5.74, 6) is -0.0927. The van der Waals surface area contributed by atoms with Crippen molar-refractivity contribution in [2.24, 2.45) is 0 Å². The van der Waals surface area contributed by atoms with Gasteiger partial charge in [0.05, 0.1) is 11.4 Å². The summed E-state index contributed by atoms with van der Waals surface area (Å²) in [4.78, 5) is 30.1. The molecule has 0 radical (unpaired) electrons. The lowest BCUT2D eigenvalue weighted by atomic mass is 9.95. The van der Waals surface area contributed by atoms with E-state index in [1.54, 1.807) is 6.07 Å². The second-order valence-electron chi connectivity index (χ2n) is 4.57. The van der Waals surface area contributed by atoms with Crippen LogP contribution in [-0.2, 0) is 22.2 Å². The van der Waals surface area contributed by atoms with Crippen molar-refractivity contribution < 1.29 is 23.9 Å². The lowest BCUT2D eigenvalue weighted by Gasteiger charge is -2.18. The van der Waals surface area contributed by atoms with Crippen LogP contribution in [0.15, 0.2) is 18.2 Å². The van der Waals surface area contributed by atoms with Crippen molar-refractivity contribution in [3.05, 3.63) is 34.9 Å². The Balaban J connectivity index is 3.64. The van der Waals surface area contributed by atoms with E-state index in [4.69, 9.17) is 10.00 Å². The second kappa shape index (κ2) is 7.37. The molecule has 0 spiro atoms. The van der Waals surface area contributed by atoms with Gasteiger partial charge in [0, 0.05) is 13.0 Å². The molecule has 7 heteroatoms. The van der Waals surface area contributed by atoms with E-state index in [-0.39, 0.29) is 5.31 Å². The Morgan fingerprint density at radius 1 is 1.32 bits per heavy atom.